The van der Waals surface area contributed by atoms with Gasteiger partial charge in [0.2, 0.25) is 0 Å². The van der Waals surface area contributed by atoms with Crippen molar-refractivity contribution >= 4 is 98.9 Å². The van der Waals surface area contributed by atoms with E-state index in [1.54, 1.807) is 0 Å². The van der Waals surface area contributed by atoms with Gasteiger partial charge in [0.15, 0.2) is 19.8 Å². The number of ether oxygens (including phenoxy) is 3. The van der Waals surface area contributed by atoms with Crippen LogP contribution < -0.4 is 30.2 Å². The minimum absolute atomic E-state index is 0.0673. The lowest BCUT2D eigenvalue weighted by atomic mass is 9.87. The first-order valence-corrected chi connectivity index (χ1v) is 30.6. The van der Waals surface area contributed by atoms with Crippen LogP contribution in [0.5, 0.6) is 23.0 Å². The van der Waals surface area contributed by atoms with Crippen LogP contribution in [0.25, 0.3) is 0 Å². The molecule has 8 rings (SSSR count). The van der Waals surface area contributed by atoms with Crippen molar-refractivity contribution in [2.75, 3.05) is 35.8 Å². The van der Waals surface area contributed by atoms with Crippen LogP contribution in [0.2, 0.25) is 0 Å². The van der Waals surface area contributed by atoms with Crippen LogP contribution in [0.1, 0.15) is 105 Å². The monoisotopic (exact) mass is 1250 g/mol. The van der Waals surface area contributed by atoms with Gasteiger partial charge in [-0.3, -0.25) is 44.7 Å². The largest absolute Gasteiger partial charge is 0.506 e. The predicted octanol–water partition coefficient (Wildman–Crippen LogP) is 16.3. The molecule has 1 aliphatic heterocycles. The molecular weight excluding hydrogens is 1190 g/mol. The molecule has 7 aromatic carbocycles. The van der Waals surface area contributed by atoms with Gasteiger partial charge in [-0.15, -0.1) is 0 Å². The first-order valence-electron chi connectivity index (χ1n) is 27.4. The molecule has 0 saturated heterocycles. The van der Waals surface area contributed by atoms with E-state index in [2.05, 4.69) is 99.0 Å². The second-order valence-corrected chi connectivity index (χ2v) is 28.9. The first-order chi connectivity index (χ1) is 40.7. The predicted molar refractivity (Wildman–Crippen MR) is 340 cm³/mol. The lowest BCUT2D eigenvalue weighted by Crippen LogP contribution is -2.21. The number of phenols is 1. The third-order valence-electron chi connectivity index (χ3n) is 13.6. The summed E-state index contributed by atoms with van der Waals surface area (Å²) in [5.41, 5.74) is 1.94. The number of hydrogen-bond donors (Lipinski definition) is 4. The molecule has 4 N–H and O–H groups in total. The van der Waals surface area contributed by atoms with Gasteiger partial charge in [-0.1, -0.05) is 130 Å². The smallest absolute Gasteiger partial charge is 0.269 e. The lowest BCUT2D eigenvalue weighted by molar-refractivity contribution is -0.385. The molecule has 0 unspecified atom stereocenters. The Hall–Kier alpha value is -8.25. The van der Waals surface area contributed by atoms with Crippen LogP contribution in [-0.4, -0.2) is 57.4 Å². The van der Waals surface area contributed by atoms with E-state index in [4.69, 9.17) is 14.2 Å². The highest BCUT2D eigenvalue weighted by Crippen LogP contribution is 2.56. The Balaban J connectivity index is 1.37. The number of anilines is 3. The molecule has 454 valence electrons. The topological polar surface area (TPSA) is 265 Å². The number of nitro groups is 3. The van der Waals surface area contributed by atoms with Crippen molar-refractivity contribution in [3.05, 3.63) is 174 Å². The highest BCUT2D eigenvalue weighted by atomic mass is 32.2. The summed E-state index contributed by atoms with van der Waals surface area (Å²) in [6.45, 7) is 23.2. The van der Waals surface area contributed by atoms with E-state index in [1.165, 1.54) is 120 Å². The highest BCUT2D eigenvalue weighted by molar-refractivity contribution is 8.01. The quantitative estimate of drug-likeness (QED) is 0.0549. The maximum absolute atomic E-state index is 14.1. The number of fused-ring (bicyclic) bond motifs is 8. The third kappa shape index (κ3) is 16.4. The van der Waals surface area contributed by atoms with Crippen LogP contribution in [-0.2, 0) is 36.0 Å². The molecule has 1 heterocycles. The van der Waals surface area contributed by atoms with Crippen molar-refractivity contribution < 1.29 is 48.5 Å². The average molecular weight is 1260 g/mol. The third-order valence-corrected chi connectivity index (χ3v) is 17.8. The first kappa shape index (κ1) is 64.7. The summed E-state index contributed by atoms with van der Waals surface area (Å²) >= 11 is 5.02. The number of non-ortho nitro benzene ring substituents is 3. The van der Waals surface area contributed by atoms with Crippen molar-refractivity contribution in [1.82, 2.24) is 0 Å². The van der Waals surface area contributed by atoms with E-state index in [0.717, 1.165) is 22.3 Å². The Morgan fingerprint density at radius 3 is 0.770 bits per heavy atom. The van der Waals surface area contributed by atoms with Crippen molar-refractivity contribution in [2.45, 2.75) is 144 Å². The zero-order valence-electron chi connectivity index (χ0n) is 50.0. The van der Waals surface area contributed by atoms with Crippen molar-refractivity contribution in [3.8, 4) is 23.0 Å². The van der Waals surface area contributed by atoms with Gasteiger partial charge in [-0.25, -0.2) is 0 Å². The van der Waals surface area contributed by atoms with Gasteiger partial charge < -0.3 is 35.3 Å². The minimum Gasteiger partial charge on any atom is -0.506 e. The van der Waals surface area contributed by atoms with E-state index >= 15 is 0 Å². The van der Waals surface area contributed by atoms with E-state index in [0.29, 0.717) is 56.2 Å². The standard InChI is InChI=1S/C64H66N6O13S4/c1-61(2,3)36-25-46-57(74)47(26-36)85-49-28-38(63(7,8)9)30-51(59(49)82-34-55(72)66-41-15-21-44(22-16-41)69(77)78)87-53-32-39(64(10,11)12)31-52(60(53)83-35-56(73)67-42-17-23-45(24-18-42)70(79)80)86-50-29-37(62(4,5)6)27-48(84-46)58(50)81-33-54(71)65-40-13-19-43(20-14-40)68(75)76/h13-32,74H,33-35H2,1-12H3,(H,65,71)(H,66,72)(H,67,73). The lowest BCUT2D eigenvalue weighted by Gasteiger charge is -2.28. The van der Waals surface area contributed by atoms with Crippen LogP contribution in [0.3, 0.4) is 0 Å². The number of phenolic OH excluding ortho intramolecular Hbond substituents is 1. The molecule has 0 aliphatic carbocycles. The second kappa shape index (κ2) is 26.0. The van der Waals surface area contributed by atoms with Gasteiger partial charge in [0.25, 0.3) is 34.8 Å². The summed E-state index contributed by atoms with van der Waals surface area (Å²) in [7, 11) is 0. The van der Waals surface area contributed by atoms with Crippen LogP contribution in [0, 0.1) is 30.3 Å². The molecule has 0 spiro atoms. The maximum atomic E-state index is 14.1. The fourth-order valence-corrected chi connectivity index (χ4v) is 13.2. The van der Waals surface area contributed by atoms with Gasteiger partial charge in [0, 0.05) is 53.5 Å². The molecule has 8 bridgehead atoms. The van der Waals surface area contributed by atoms with Gasteiger partial charge in [-0.05, 0) is 129 Å². The summed E-state index contributed by atoms with van der Waals surface area (Å²) < 4.78 is 20.2. The summed E-state index contributed by atoms with van der Waals surface area (Å²) in [5.74, 6) is -0.969. The summed E-state index contributed by atoms with van der Waals surface area (Å²) in [6.07, 6.45) is 0. The fourth-order valence-electron chi connectivity index (χ4n) is 8.56. The number of carbonyl (C=O) groups is 3. The van der Waals surface area contributed by atoms with Crippen LogP contribution >= 0.6 is 47.0 Å². The highest BCUT2D eigenvalue weighted by Gasteiger charge is 2.31. The summed E-state index contributed by atoms with van der Waals surface area (Å²) in [6, 6.07) is 31.9. The van der Waals surface area contributed by atoms with Gasteiger partial charge >= 0.3 is 0 Å². The molecule has 0 aromatic heterocycles. The molecule has 1 aliphatic rings. The Morgan fingerprint density at radius 2 is 0.575 bits per heavy atom. The number of nitro benzene ring substituents is 3. The average Bonchev–Trinajstić information content (AvgIpc) is 1.19. The molecule has 0 atom stereocenters. The van der Waals surface area contributed by atoms with Gasteiger partial charge in [0.05, 0.1) is 53.9 Å². The number of rotatable bonds is 15. The zero-order chi connectivity index (χ0) is 63.5. The van der Waals surface area contributed by atoms with Crippen LogP contribution in [0.15, 0.2) is 160 Å². The number of aromatic hydroxyl groups is 1. The number of nitrogens with one attached hydrogen (secondary N) is 3. The molecule has 0 radical (unpaired) electrons. The Bertz CT molecular complexity index is 3640. The molecule has 87 heavy (non-hydrogen) atoms. The van der Waals surface area contributed by atoms with E-state index in [9.17, 15) is 49.8 Å². The molecular formula is C64H66N6O13S4. The van der Waals surface area contributed by atoms with E-state index in [-0.39, 0.29) is 40.1 Å². The molecule has 3 amide bonds. The van der Waals surface area contributed by atoms with Crippen molar-refractivity contribution in [3.63, 3.8) is 0 Å². The van der Waals surface area contributed by atoms with Crippen molar-refractivity contribution in [1.29, 1.82) is 0 Å². The number of amides is 3. The molecule has 0 saturated carbocycles. The number of carbonyl (C=O) groups excluding carboxylic acids is 3. The van der Waals surface area contributed by atoms with Crippen molar-refractivity contribution in [2.24, 2.45) is 0 Å². The second-order valence-electron chi connectivity index (χ2n) is 24.6. The molecule has 23 heteroatoms. The Kier molecular flexibility index (Phi) is 19.3. The maximum Gasteiger partial charge on any atom is 0.269 e. The normalized spacial score (nSPS) is 12.6. The number of benzene rings is 7. The number of nitrogens with zero attached hydrogens (tertiary/aromatic N) is 3. The molecule has 0 fully saturated rings. The minimum atomic E-state index is -0.582. The molecule has 19 nitrogen and oxygen atoms in total. The SMILES string of the molecule is CC(C)(C)c1cc2c(O)c(c1)Sc1cc(C(C)(C)C)cc(c1OCC(=O)Nc1ccc([N+](=O)[O-])cc1)Sc1cc(C(C)(C)C)cc(c1OCC(=O)Nc1ccc([N+](=O)[O-])cc1)Sc1cc(C(C)(C)C)cc(c1OCC(=O)Nc1ccc([N+](=O)[O-])cc1)S2. The summed E-state index contributed by atoms with van der Waals surface area (Å²) in [4.78, 5) is 78.8. The number of hydrogen-bond acceptors (Lipinski definition) is 17. The van der Waals surface area contributed by atoms with Crippen LogP contribution in [0.4, 0.5) is 34.1 Å². The van der Waals surface area contributed by atoms with E-state index in [1.807, 2.05) is 48.5 Å². The Labute approximate surface area is 521 Å². The Morgan fingerprint density at radius 1 is 0.379 bits per heavy atom. The van der Waals surface area contributed by atoms with E-state index < -0.39 is 74.0 Å². The van der Waals surface area contributed by atoms with Gasteiger partial charge in [-0.2, -0.15) is 0 Å². The molecule has 7 aromatic rings. The summed E-state index contributed by atoms with van der Waals surface area (Å²) in [5, 5.41) is 55.5. The zero-order valence-corrected chi connectivity index (χ0v) is 53.3. The van der Waals surface area contributed by atoms with Gasteiger partial charge in [0.1, 0.15) is 23.0 Å². The fraction of sp³-hybridized carbons (Fsp3) is 0.297.